The summed E-state index contributed by atoms with van der Waals surface area (Å²) in [5, 5.41) is 9.49. The first-order valence-electron chi connectivity index (χ1n) is 2.55. The quantitative estimate of drug-likeness (QED) is 0.384. The summed E-state index contributed by atoms with van der Waals surface area (Å²) in [6, 6.07) is 0. The Morgan fingerprint density at radius 1 is 1.56 bits per heavy atom. The van der Waals surface area contributed by atoms with Gasteiger partial charge in [-0.2, -0.15) is 0 Å². The van der Waals surface area contributed by atoms with Crippen LogP contribution in [0.15, 0.2) is 0 Å². The number of rotatable bonds is 2. The third-order valence-corrected chi connectivity index (χ3v) is 0.454. The first kappa shape index (κ1) is 16.0. The van der Waals surface area contributed by atoms with Crippen molar-refractivity contribution in [3.63, 3.8) is 0 Å². The zero-order chi connectivity index (χ0) is 6.99. The molecule has 0 saturated heterocycles. The molecule has 2 N–H and O–H groups in total. The van der Waals surface area contributed by atoms with Gasteiger partial charge < -0.3 is 15.6 Å². The Morgan fingerprint density at radius 3 is 1.89 bits per heavy atom. The first-order valence-corrected chi connectivity index (χ1v) is 2.55. The fourth-order valence-corrected chi connectivity index (χ4v) is 0.204. The molecule has 0 aliphatic carbocycles. The Balaban J connectivity index is -0.000000109. The van der Waals surface area contributed by atoms with Gasteiger partial charge >= 0.3 is 18.9 Å². The smallest absolute Gasteiger partial charge is 0.550 e. The van der Waals surface area contributed by atoms with Gasteiger partial charge in [0.1, 0.15) is 0 Å². The van der Waals surface area contributed by atoms with Crippen LogP contribution in [0.25, 0.3) is 0 Å². The fraction of sp³-hybridized carbons (Fsp3) is 0.800. The van der Waals surface area contributed by atoms with Gasteiger partial charge in [0.2, 0.25) is 0 Å². The standard InChI is InChI=1S/C4H8O2.CH5N.Li/c1-2-3-4(5)6;1-2;/h2-3H2,1H3,(H,5,6);2H2,1H3;/q;;+1/p-1. The predicted octanol–water partition coefficient (Wildman–Crippen LogP) is -3.88. The summed E-state index contributed by atoms with van der Waals surface area (Å²) in [5.41, 5.74) is 4.50. The van der Waals surface area contributed by atoms with E-state index in [-0.39, 0.29) is 25.3 Å². The number of hydrogen-bond donors (Lipinski definition) is 1. The normalized spacial score (nSPS) is 6.11. The largest absolute Gasteiger partial charge is 1.00 e. The molecule has 0 rings (SSSR count). The molecular formula is C5H12LiNO2. The van der Waals surface area contributed by atoms with Crippen LogP contribution in [-0.2, 0) is 4.79 Å². The van der Waals surface area contributed by atoms with E-state index >= 15 is 0 Å². The molecule has 0 spiro atoms. The van der Waals surface area contributed by atoms with Crippen LogP contribution in [-0.4, -0.2) is 13.0 Å². The maximum Gasteiger partial charge on any atom is 1.00 e. The monoisotopic (exact) mass is 125 g/mol. The maximum atomic E-state index is 9.49. The molecule has 0 aromatic rings. The molecule has 0 aliphatic heterocycles. The summed E-state index contributed by atoms with van der Waals surface area (Å²) >= 11 is 0. The van der Waals surface area contributed by atoms with Crippen molar-refractivity contribution in [2.45, 2.75) is 19.8 Å². The van der Waals surface area contributed by atoms with Crippen molar-refractivity contribution in [3.05, 3.63) is 0 Å². The summed E-state index contributed by atoms with van der Waals surface area (Å²) in [4.78, 5) is 9.49. The summed E-state index contributed by atoms with van der Waals surface area (Å²) in [6.45, 7) is 1.80. The molecule has 0 aliphatic rings. The van der Waals surface area contributed by atoms with Crippen molar-refractivity contribution in [2.75, 3.05) is 7.05 Å². The van der Waals surface area contributed by atoms with E-state index < -0.39 is 5.97 Å². The van der Waals surface area contributed by atoms with Crippen molar-refractivity contribution in [1.82, 2.24) is 0 Å². The molecule has 0 amide bonds. The number of carbonyl (C=O) groups excluding carboxylic acids is 1. The second-order valence-corrected chi connectivity index (χ2v) is 1.12. The van der Waals surface area contributed by atoms with Gasteiger partial charge in [-0.3, -0.25) is 0 Å². The van der Waals surface area contributed by atoms with Crippen molar-refractivity contribution >= 4 is 5.97 Å². The zero-order valence-electron chi connectivity index (χ0n) is 6.31. The Morgan fingerprint density at radius 2 is 1.89 bits per heavy atom. The molecule has 0 heterocycles. The number of carbonyl (C=O) groups is 1. The van der Waals surface area contributed by atoms with E-state index in [1.807, 2.05) is 0 Å². The van der Waals surface area contributed by atoms with E-state index in [9.17, 15) is 9.90 Å². The minimum absolute atomic E-state index is 0. The van der Waals surface area contributed by atoms with E-state index in [1.165, 1.54) is 7.05 Å². The van der Waals surface area contributed by atoms with E-state index in [0.717, 1.165) is 0 Å². The average Bonchev–Trinajstić information content (AvgIpc) is 1.72. The number of aliphatic carboxylic acids is 1. The molecule has 50 valence electrons. The third kappa shape index (κ3) is 31.8. The van der Waals surface area contributed by atoms with Gasteiger partial charge in [-0.25, -0.2) is 0 Å². The minimum atomic E-state index is -0.961. The van der Waals surface area contributed by atoms with Crippen molar-refractivity contribution < 1.29 is 28.8 Å². The Bertz CT molecular complexity index is 58.9. The molecular weight excluding hydrogens is 113 g/mol. The van der Waals surface area contributed by atoms with E-state index in [0.29, 0.717) is 6.42 Å². The van der Waals surface area contributed by atoms with Crippen LogP contribution in [0.2, 0.25) is 0 Å². The van der Waals surface area contributed by atoms with Crippen molar-refractivity contribution in [3.8, 4) is 0 Å². The molecule has 0 aromatic carbocycles. The Labute approximate surface area is 67.8 Å². The van der Waals surface area contributed by atoms with Crippen LogP contribution in [0.3, 0.4) is 0 Å². The predicted molar refractivity (Wildman–Crippen MR) is 30.0 cm³/mol. The van der Waals surface area contributed by atoms with Crippen molar-refractivity contribution in [1.29, 1.82) is 0 Å². The molecule has 4 heteroatoms. The van der Waals surface area contributed by atoms with E-state index in [1.54, 1.807) is 6.92 Å². The number of nitrogens with two attached hydrogens (primary N) is 1. The summed E-state index contributed by atoms with van der Waals surface area (Å²) < 4.78 is 0. The molecule has 0 bridgehead atoms. The van der Waals surface area contributed by atoms with Gasteiger partial charge in [-0.1, -0.05) is 13.3 Å². The van der Waals surface area contributed by atoms with Gasteiger partial charge in [0, 0.05) is 5.97 Å². The summed E-state index contributed by atoms with van der Waals surface area (Å²) in [6.07, 6.45) is 0.850. The SMILES string of the molecule is CCCC(=O)[O-].CN.[Li+]. The molecule has 0 saturated carbocycles. The minimum Gasteiger partial charge on any atom is -0.550 e. The van der Waals surface area contributed by atoms with Crippen LogP contribution in [0.5, 0.6) is 0 Å². The van der Waals surface area contributed by atoms with E-state index in [4.69, 9.17) is 0 Å². The Hall–Kier alpha value is 0.0274. The van der Waals surface area contributed by atoms with Gasteiger partial charge in [-0.05, 0) is 13.5 Å². The van der Waals surface area contributed by atoms with Crippen molar-refractivity contribution in [2.24, 2.45) is 5.73 Å². The van der Waals surface area contributed by atoms with Crippen LogP contribution in [0, 0.1) is 0 Å². The zero-order valence-corrected chi connectivity index (χ0v) is 6.31. The van der Waals surface area contributed by atoms with Gasteiger partial charge in [-0.15, -0.1) is 0 Å². The van der Waals surface area contributed by atoms with Crippen LogP contribution in [0.4, 0.5) is 0 Å². The van der Waals surface area contributed by atoms with Gasteiger partial charge in [0.15, 0.2) is 0 Å². The first-order chi connectivity index (χ1) is 3.77. The molecule has 0 atom stereocenters. The summed E-state index contributed by atoms with van der Waals surface area (Å²) in [7, 11) is 1.50. The number of carboxylic acid groups (broad SMARTS) is 1. The second kappa shape index (κ2) is 15.7. The average molecular weight is 125 g/mol. The van der Waals surface area contributed by atoms with Crippen LogP contribution >= 0.6 is 0 Å². The van der Waals surface area contributed by atoms with Crippen LogP contribution < -0.4 is 29.7 Å². The van der Waals surface area contributed by atoms with Crippen LogP contribution in [0.1, 0.15) is 19.8 Å². The topological polar surface area (TPSA) is 66.1 Å². The van der Waals surface area contributed by atoms with E-state index in [2.05, 4.69) is 5.73 Å². The molecule has 0 aromatic heterocycles. The molecule has 3 nitrogen and oxygen atoms in total. The number of carboxylic acids is 1. The molecule has 0 radical (unpaired) electrons. The fourth-order valence-electron chi connectivity index (χ4n) is 0.204. The van der Waals surface area contributed by atoms with Gasteiger partial charge in [0.05, 0.1) is 0 Å². The molecule has 9 heavy (non-hydrogen) atoms. The third-order valence-electron chi connectivity index (χ3n) is 0.454. The Kier molecular flexibility index (Phi) is 27.9. The summed E-state index contributed by atoms with van der Waals surface area (Å²) in [5.74, 6) is -0.961. The van der Waals surface area contributed by atoms with Gasteiger partial charge in [0.25, 0.3) is 0 Å². The molecule has 0 fully saturated rings. The second-order valence-electron chi connectivity index (χ2n) is 1.12. The number of hydrogen-bond acceptors (Lipinski definition) is 3. The molecule has 0 unspecified atom stereocenters. The maximum absolute atomic E-state index is 9.49.